The van der Waals surface area contributed by atoms with Gasteiger partial charge in [0.15, 0.2) is 12.1 Å². The average Bonchev–Trinajstić information content (AvgIpc) is 2.08. The lowest BCUT2D eigenvalue weighted by atomic mass is 10.2. The summed E-state index contributed by atoms with van der Waals surface area (Å²) in [5, 5.41) is 0. The zero-order valence-electron chi connectivity index (χ0n) is 6.10. The van der Waals surface area contributed by atoms with Crippen molar-refractivity contribution in [2.75, 3.05) is 0 Å². The molecule has 1 aromatic rings. The van der Waals surface area contributed by atoms with Crippen molar-refractivity contribution >= 4 is 28.9 Å². The maximum Gasteiger partial charge on any atom is 0.283 e. The molecule has 0 bridgehead atoms. The molecule has 0 atom stereocenters. The van der Waals surface area contributed by atoms with Crippen LogP contribution in [0.3, 0.4) is 0 Å². The van der Waals surface area contributed by atoms with Crippen molar-refractivity contribution in [3.8, 4) is 0 Å². The molecular weight excluding hydrogens is 298 g/mol. The maximum absolute atomic E-state index is 12.9. The van der Waals surface area contributed by atoms with E-state index in [9.17, 15) is 18.0 Å². The Kier molecular flexibility index (Phi) is 3.23. The molecule has 0 saturated carbocycles. The lowest BCUT2D eigenvalue weighted by Gasteiger charge is -2.03. The fourth-order valence-electron chi connectivity index (χ4n) is 0.766. The molecule has 0 aromatic carbocycles. The highest BCUT2D eigenvalue weighted by molar-refractivity contribution is 14.1. The number of halogens is 4. The topological polar surface area (TPSA) is 30.0 Å². The molecule has 0 aliphatic carbocycles. The van der Waals surface area contributed by atoms with Crippen LogP contribution in [0.5, 0.6) is 0 Å². The van der Waals surface area contributed by atoms with Gasteiger partial charge in [-0.2, -0.15) is 0 Å². The van der Waals surface area contributed by atoms with E-state index in [1.54, 1.807) is 22.6 Å². The highest BCUT2D eigenvalue weighted by atomic mass is 127. The highest BCUT2D eigenvalue weighted by Gasteiger charge is 2.19. The van der Waals surface area contributed by atoms with Gasteiger partial charge in [0.1, 0.15) is 9.39 Å². The largest absolute Gasteiger partial charge is 0.298 e. The van der Waals surface area contributed by atoms with E-state index in [0.717, 1.165) is 6.07 Å². The Morgan fingerprint density at radius 1 is 1.54 bits per heavy atom. The Hall–Kier alpha value is -0.660. The minimum absolute atomic E-state index is 0.163. The van der Waals surface area contributed by atoms with Crippen molar-refractivity contribution in [1.29, 1.82) is 0 Å². The summed E-state index contributed by atoms with van der Waals surface area (Å²) in [5.74, 6) is -1.24. The molecule has 6 heteroatoms. The number of hydrogen-bond donors (Lipinski definition) is 0. The second kappa shape index (κ2) is 4.03. The van der Waals surface area contributed by atoms with Crippen molar-refractivity contribution in [3.63, 3.8) is 0 Å². The Labute approximate surface area is 85.3 Å². The third-order valence-corrected chi connectivity index (χ3v) is 1.87. The van der Waals surface area contributed by atoms with Crippen molar-refractivity contribution in [2.45, 2.75) is 6.43 Å². The van der Waals surface area contributed by atoms with Crippen molar-refractivity contribution in [1.82, 2.24) is 4.98 Å². The van der Waals surface area contributed by atoms with Crippen LogP contribution in [0, 0.1) is 9.52 Å². The van der Waals surface area contributed by atoms with E-state index in [4.69, 9.17) is 0 Å². The third kappa shape index (κ3) is 2.17. The van der Waals surface area contributed by atoms with Crippen LogP contribution in [-0.2, 0) is 0 Å². The van der Waals surface area contributed by atoms with Gasteiger partial charge in [-0.1, -0.05) is 0 Å². The summed E-state index contributed by atoms with van der Waals surface area (Å²) in [7, 11) is 0. The summed E-state index contributed by atoms with van der Waals surface area (Å²) >= 11 is 1.63. The Bertz CT molecular complexity index is 343. The van der Waals surface area contributed by atoms with Crippen molar-refractivity contribution < 1.29 is 18.0 Å². The number of carbonyl (C=O) groups excluding carboxylic acids is 1. The van der Waals surface area contributed by atoms with Crippen molar-refractivity contribution in [2.24, 2.45) is 0 Å². The van der Waals surface area contributed by atoms with Crippen LogP contribution in [0.25, 0.3) is 0 Å². The molecule has 0 aliphatic heterocycles. The molecule has 0 fully saturated rings. The summed E-state index contributed by atoms with van der Waals surface area (Å²) < 4.78 is 37.3. The second-order valence-corrected chi connectivity index (χ2v) is 3.26. The summed E-state index contributed by atoms with van der Waals surface area (Å²) in [6.45, 7) is 0. The smallest absolute Gasteiger partial charge is 0.283 e. The standard InChI is InChI=1S/C7H3F3INO/c8-5-3(2-13)1-4(11)12-6(5)7(9)10/h1-2,7H. The van der Waals surface area contributed by atoms with Gasteiger partial charge in [0, 0.05) is 0 Å². The van der Waals surface area contributed by atoms with Crippen LogP contribution in [0.4, 0.5) is 13.2 Å². The van der Waals surface area contributed by atoms with Crippen LogP contribution in [0.15, 0.2) is 6.07 Å². The summed E-state index contributed by atoms with van der Waals surface area (Å²) in [4.78, 5) is 13.5. The van der Waals surface area contributed by atoms with Gasteiger partial charge in [0.25, 0.3) is 6.43 Å². The second-order valence-electron chi connectivity index (χ2n) is 2.15. The Balaban J connectivity index is 3.35. The van der Waals surface area contributed by atoms with E-state index < -0.39 is 23.5 Å². The lowest BCUT2D eigenvalue weighted by molar-refractivity contribution is 0.111. The predicted molar refractivity (Wildman–Crippen MR) is 47.3 cm³/mol. The number of hydrogen-bond acceptors (Lipinski definition) is 2. The van der Waals surface area contributed by atoms with Crippen LogP contribution < -0.4 is 0 Å². The fourth-order valence-corrected chi connectivity index (χ4v) is 1.36. The van der Waals surface area contributed by atoms with Gasteiger partial charge in [0.2, 0.25) is 0 Å². The summed E-state index contributed by atoms with van der Waals surface area (Å²) in [6.07, 6.45) is -2.82. The van der Waals surface area contributed by atoms with Gasteiger partial charge in [-0.05, 0) is 28.7 Å². The molecule has 0 radical (unpaired) electrons. The molecule has 0 unspecified atom stereocenters. The molecule has 1 rings (SSSR count). The van der Waals surface area contributed by atoms with Crippen LogP contribution in [-0.4, -0.2) is 11.3 Å². The number of pyridine rings is 1. The number of carbonyl (C=O) groups is 1. The van der Waals surface area contributed by atoms with Crippen molar-refractivity contribution in [3.05, 3.63) is 26.8 Å². The summed E-state index contributed by atoms with van der Waals surface area (Å²) in [5.41, 5.74) is -1.37. The first-order valence-electron chi connectivity index (χ1n) is 3.15. The Morgan fingerprint density at radius 3 is 2.62 bits per heavy atom. The van der Waals surface area contributed by atoms with E-state index in [-0.39, 0.29) is 9.99 Å². The molecular formula is C7H3F3INO. The molecule has 1 aromatic heterocycles. The first-order chi connectivity index (χ1) is 6.06. The van der Waals surface area contributed by atoms with E-state index in [1.165, 1.54) is 0 Å². The zero-order valence-corrected chi connectivity index (χ0v) is 8.26. The van der Waals surface area contributed by atoms with Crippen LogP contribution in [0.2, 0.25) is 0 Å². The fraction of sp³-hybridized carbons (Fsp3) is 0.143. The number of rotatable bonds is 2. The van der Waals surface area contributed by atoms with Gasteiger partial charge >= 0.3 is 0 Å². The predicted octanol–water partition coefficient (Wildman–Crippen LogP) is 2.58. The molecule has 13 heavy (non-hydrogen) atoms. The monoisotopic (exact) mass is 301 g/mol. The molecule has 2 nitrogen and oxygen atoms in total. The average molecular weight is 301 g/mol. The molecule has 0 aliphatic rings. The number of aldehydes is 1. The van der Waals surface area contributed by atoms with Gasteiger partial charge in [0.05, 0.1) is 5.56 Å². The molecule has 1 heterocycles. The third-order valence-electron chi connectivity index (χ3n) is 1.31. The van der Waals surface area contributed by atoms with Gasteiger partial charge in [-0.15, -0.1) is 0 Å². The normalized spacial score (nSPS) is 10.5. The number of alkyl halides is 2. The van der Waals surface area contributed by atoms with E-state index in [0.29, 0.717) is 0 Å². The molecule has 70 valence electrons. The number of nitrogens with zero attached hydrogens (tertiary/aromatic N) is 1. The first-order valence-corrected chi connectivity index (χ1v) is 4.23. The quantitative estimate of drug-likeness (QED) is 0.477. The van der Waals surface area contributed by atoms with Gasteiger partial charge < -0.3 is 0 Å². The van der Waals surface area contributed by atoms with Gasteiger partial charge in [-0.25, -0.2) is 18.2 Å². The van der Waals surface area contributed by atoms with Gasteiger partial charge in [-0.3, -0.25) is 4.79 Å². The van der Waals surface area contributed by atoms with E-state index in [2.05, 4.69) is 4.98 Å². The molecule has 0 saturated heterocycles. The Morgan fingerprint density at radius 2 is 2.15 bits per heavy atom. The highest BCUT2D eigenvalue weighted by Crippen LogP contribution is 2.22. The molecule has 0 N–H and O–H groups in total. The zero-order chi connectivity index (χ0) is 10.0. The molecule has 0 spiro atoms. The maximum atomic E-state index is 12.9. The van der Waals surface area contributed by atoms with E-state index >= 15 is 0 Å². The first kappa shape index (κ1) is 10.4. The number of aromatic nitrogens is 1. The minimum Gasteiger partial charge on any atom is -0.298 e. The lowest BCUT2D eigenvalue weighted by Crippen LogP contribution is -2.02. The van der Waals surface area contributed by atoms with Crippen LogP contribution in [0.1, 0.15) is 22.5 Å². The summed E-state index contributed by atoms with van der Waals surface area (Å²) in [6, 6.07) is 1.11. The van der Waals surface area contributed by atoms with Crippen LogP contribution >= 0.6 is 22.6 Å². The molecule has 0 amide bonds. The minimum atomic E-state index is -3.01. The SMILES string of the molecule is O=Cc1cc(I)nc(C(F)F)c1F. The van der Waals surface area contributed by atoms with E-state index in [1.807, 2.05) is 0 Å².